The van der Waals surface area contributed by atoms with Gasteiger partial charge < -0.3 is 5.11 Å². The van der Waals surface area contributed by atoms with Gasteiger partial charge in [-0.25, -0.2) is 0 Å². The normalized spacial score (nSPS) is 13.3. The fraction of sp³-hybridized carbons (Fsp3) is 0.368. The first-order valence-electron chi connectivity index (χ1n) is 7.25. The molecule has 0 saturated heterocycles. The van der Waals surface area contributed by atoms with Gasteiger partial charge in [-0.1, -0.05) is 62.7 Å². The van der Waals surface area contributed by atoms with Crippen molar-refractivity contribution in [3.8, 4) is 0 Å². The Morgan fingerprint density at radius 1 is 0.952 bits per heavy atom. The van der Waals surface area contributed by atoms with E-state index < -0.39 is 6.10 Å². The Kier molecular flexibility index (Phi) is 4.46. The molecule has 0 amide bonds. The van der Waals surface area contributed by atoms with Crippen LogP contribution in [0.2, 0.25) is 5.02 Å². The van der Waals surface area contributed by atoms with Crippen LogP contribution in [0.1, 0.15) is 54.7 Å². The standard InChI is InChI=1S/C19H23ClO/c1-12-11-17(20)13(2)10-16(12)18(21)14-6-8-15(9-7-14)19(3,4)5/h6-11,18,21H,1-5H3. The summed E-state index contributed by atoms with van der Waals surface area (Å²) in [6.07, 6.45) is -0.616. The lowest BCUT2D eigenvalue weighted by Gasteiger charge is -2.21. The Morgan fingerprint density at radius 2 is 1.52 bits per heavy atom. The molecule has 0 spiro atoms. The summed E-state index contributed by atoms with van der Waals surface area (Å²) in [4.78, 5) is 0. The van der Waals surface area contributed by atoms with Gasteiger partial charge in [0.05, 0.1) is 0 Å². The van der Waals surface area contributed by atoms with Crippen LogP contribution >= 0.6 is 11.6 Å². The molecule has 0 radical (unpaired) electrons. The first kappa shape index (κ1) is 16.1. The van der Waals surface area contributed by atoms with E-state index in [1.807, 2.05) is 38.1 Å². The molecule has 1 nitrogen and oxygen atoms in total. The minimum atomic E-state index is -0.616. The molecular weight excluding hydrogens is 280 g/mol. The smallest absolute Gasteiger partial charge is 0.104 e. The van der Waals surface area contributed by atoms with Crippen molar-refractivity contribution in [2.45, 2.75) is 46.1 Å². The van der Waals surface area contributed by atoms with Gasteiger partial charge in [0, 0.05) is 5.02 Å². The van der Waals surface area contributed by atoms with Gasteiger partial charge in [0.25, 0.3) is 0 Å². The van der Waals surface area contributed by atoms with E-state index in [-0.39, 0.29) is 5.41 Å². The van der Waals surface area contributed by atoms with Gasteiger partial charge in [-0.05, 0) is 53.1 Å². The van der Waals surface area contributed by atoms with E-state index in [1.54, 1.807) is 0 Å². The summed E-state index contributed by atoms with van der Waals surface area (Å²) in [7, 11) is 0. The van der Waals surface area contributed by atoms with Gasteiger partial charge >= 0.3 is 0 Å². The number of halogens is 1. The molecule has 0 aromatic heterocycles. The quantitative estimate of drug-likeness (QED) is 0.794. The second-order valence-electron chi connectivity index (χ2n) is 6.73. The van der Waals surface area contributed by atoms with Crippen molar-refractivity contribution in [3.05, 3.63) is 69.2 Å². The van der Waals surface area contributed by atoms with Crippen LogP contribution in [-0.4, -0.2) is 5.11 Å². The number of aryl methyl sites for hydroxylation is 2. The van der Waals surface area contributed by atoms with E-state index in [0.717, 1.165) is 27.3 Å². The molecule has 0 saturated carbocycles. The van der Waals surface area contributed by atoms with Crippen LogP contribution in [0.3, 0.4) is 0 Å². The molecule has 0 aliphatic heterocycles. The highest BCUT2D eigenvalue weighted by Gasteiger charge is 2.17. The van der Waals surface area contributed by atoms with Gasteiger partial charge in [-0.2, -0.15) is 0 Å². The Hall–Kier alpha value is -1.31. The zero-order chi connectivity index (χ0) is 15.8. The van der Waals surface area contributed by atoms with E-state index >= 15 is 0 Å². The lowest BCUT2D eigenvalue weighted by molar-refractivity contribution is 0.219. The predicted octanol–water partition coefficient (Wildman–Crippen LogP) is 5.34. The van der Waals surface area contributed by atoms with Crippen molar-refractivity contribution in [1.29, 1.82) is 0 Å². The molecular formula is C19H23ClO. The average Bonchev–Trinajstić information content (AvgIpc) is 2.41. The summed E-state index contributed by atoms with van der Waals surface area (Å²) < 4.78 is 0. The van der Waals surface area contributed by atoms with Crippen molar-refractivity contribution in [1.82, 2.24) is 0 Å². The van der Waals surface area contributed by atoms with E-state index in [1.165, 1.54) is 5.56 Å². The fourth-order valence-corrected chi connectivity index (χ4v) is 2.66. The second-order valence-corrected chi connectivity index (χ2v) is 7.14. The zero-order valence-corrected chi connectivity index (χ0v) is 14.1. The number of aliphatic hydroxyl groups excluding tert-OH is 1. The van der Waals surface area contributed by atoms with E-state index in [9.17, 15) is 5.11 Å². The summed E-state index contributed by atoms with van der Waals surface area (Å²) in [5.41, 5.74) is 5.22. The Balaban J connectivity index is 2.36. The van der Waals surface area contributed by atoms with Crippen LogP contribution in [0, 0.1) is 13.8 Å². The minimum absolute atomic E-state index is 0.121. The van der Waals surface area contributed by atoms with Gasteiger partial charge in [-0.3, -0.25) is 0 Å². The lowest BCUT2D eigenvalue weighted by Crippen LogP contribution is -2.11. The van der Waals surface area contributed by atoms with Crippen LogP contribution in [0.4, 0.5) is 0 Å². The molecule has 0 aliphatic carbocycles. The first-order valence-corrected chi connectivity index (χ1v) is 7.63. The Bertz CT molecular complexity index is 636. The molecule has 0 bridgehead atoms. The topological polar surface area (TPSA) is 20.2 Å². The number of aliphatic hydroxyl groups is 1. The van der Waals surface area contributed by atoms with E-state index in [2.05, 4.69) is 32.9 Å². The van der Waals surface area contributed by atoms with Gasteiger partial charge in [-0.15, -0.1) is 0 Å². The SMILES string of the molecule is Cc1cc(C(O)c2ccc(C(C)(C)C)cc2)c(C)cc1Cl. The van der Waals surface area contributed by atoms with Crippen LogP contribution in [-0.2, 0) is 5.41 Å². The van der Waals surface area contributed by atoms with Crippen molar-refractivity contribution in [3.63, 3.8) is 0 Å². The van der Waals surface area contributed by atoms with E-state index in [4.69, 9.17) is 11.6 Å². The summed E-state index contributed by atoms with van der Waals surface area (Å²) in [5.74, 6) is 0. The third kappa shape index (κ3) is 3.48. The maximum absolute atomic E-state index is 10.6. The molecule has 21 heavy (non-hydrogen) atoms. The van der Waals surface area contributed by atoms with Crippen LogP contribution in [0.25, 0.3) is 0 Å². The maximum Gasteiger partial charge on any atom is 0.104 e. The van der Waals surface area contributed by atoms with Gasteiger partial charge in [0.1, 0.15) is 6.10 Å². The third-order valence-electron chi connectivity index (χ3n) is 3.93. The zero-order valence-electron chi connectivity index (χ0n) is 13.4. The molecule has 0 fully saturated rings. The molecule has 2 aromatic carbocycles. The highest BCUT2D eigenvalue weighted by molar-refractivity contribution is 6.31. The maximum atomic E-state index is 10.6. The first-order chi connectivity index (χ1) is 9.70. The van der Waals surface area contributed by atoms with Crippen molar-refractivity contribution in [2.24, 2.45) is 0 Å². The molecule has 2 heteroatoms. The Morgan fingerprint density at radius 3 is 2.05 bits per heavy atom. The molecule has 1 N–H and O–H groups in total. The highest BCUT2D eigenvalue weighted by Crippen LogP contribution is 2.30. The fourth-order valence-electron chi connectivity index (χ4n) is 2.44. The third-order valence-corrected chi connectivity index (χ3v) is 4.34. The summed E-state index contributed by atoms with van der Waals surface area (Å²) in [6.45, 7) is 10.5. The number of hydrogen-bond acceptors (Lipinski definition) is 1. The molecule has 2 rings (SSSR count). The van der Waals surface area contributed by atoms with Crippen LogP contribution in [0.15, 0.2) is 36.4 Å². The summed E-state index contributed by atoms with van der Waals surface area (Å²) in [5, 5.41) is 11.4. The molecule has 1 atom stereocenters. The monoisotopic (exact) mass is 302 g/mol. The second kappa shape index (κ2) is 5.82. The predicted molar refractivity (Wildman–Crippen MR) is 90.1 cm³/mol. The molecule has 0 heterocycles. The minimum Gasteiger partial charge on any atom is -0.384 e. The van der Waals surface area contributed by atoms with Gasteiger partial charge in [0.15, 0.2) is 0 Å². The Labute approximate surface area is 132 Å². The van der Waals surface area contributed by atoms with Crippen LogP contribution < -0.4 is 0 Å². The van der Waals surface area contributed by atoms with Crippen molar-refractivity contribution < 1.29 is 5.11 Å². The summed E-state index contributed by atoms with van der Waals surface area (Å²) >= 11 is 6.13. The molecule has 2 aromatic rings. The van der Waals surface area contributed by atoms with Crippen molar-refractivity contribution in [2.75, 3.05) is 0 Å². The largest absolute Gasteiger partial charge is 0.384 e. The molecule has 112 valence electrons. The number of benzene rings is 2. The number of hydrogen-bond donors (Lipinski definition) is 1. The number of rotatable bonds is 2. The van der Waals surface area contributed by atoms with Gasteiger partial charge in [0.2, 0.25) is 0 Å². The molecule has 1 unspecified atom stereocenters. The summed E-state index contributed by atoms with van der Waals surface area (Å²) in [6, 6.07) is 12.1. The average molecular weight is 303 g/mol. The van der Waals surface area contributed by atoms with E-state index in [0.29, 0.717) is 0 Å². The van der Waals surface area contributed by atoms with Crippen LogP contribution in [0.5, 0.6) is 0 Å². The highest BCUT2D eigenvalue weighted by atomic mass is 35.5. The molecule has 0 aliphatic rings. The lowest BCUT2D eigenvalue weighted by atomic mass is 9.86. The van der Waals surface area contributed by atoms with Crippen molar-refractivity contribution >= 4 is 11.6 Å².